The van der Waals surface area contributed by atoms with Gasteiger partial charge in [0.25, 0.3) is 0 Å². The van der Waals surface area contributed by atoms with Crippen molar-refractivity contribution in [2.24, 2.45) is 0 Å². The van der Waals surface area contributed by atoms with Gasteiger partial charge in [-0.2, -0.15) is 0 Å². The van der Waals surface area contributed by atoms with E-state index in [1.165, 1.54) is 28.8 Å². The molecule has 0 amide bonds. The van der Waals surface area contributed by atoms with Crippen LogP contribution in [0.1, 0.15) is 24.6 Å². The van der Waals surface area contributed by atoms with Gasteiger partial charge in [-0.3, -0.25) is 0 Å². The summed E-state index contributed by atoms with van der Waals surface area (Å²) in [5.41, 5.74) is 5.40. The van der Waals surface area contributed by atoms with E-state index in [0.717, 1.165) is 6.42 Å². The van der Waals surface area contributed by atoms with E-state index in [1.807, 2.05) is 0 Å². The second-order valence-corrected chi connectivity index (χ2v) is 3.92. The molecule has 1 aromatic carbocycles. The summed E-state index contributed by atoms with van der Waals surface area (Å²) in [4.78, 5) is 3.37. The minimum atomic E-state index is 1.14. The summed E-state index contributed by atoms with van der Waals surface area (Å²) in [6.07, 6.45) is 4.45. The van der Waals surface area contributed by atoms with Crippen LogP contribution in [0.25, 0.3) is 11.1 Å². The maximum atomic E-state index is 3.37. The van der Waals surface area contributed by atoms with Gasteiger partial charge in [-0.05, 0) is 24.5 Å². The topological polar surface area (TPSA) is 15.8 Å². The molecule has 2 aromatic rings. The van der Waals surface area contributed by atoms with E-state index in [4.69, 9.17) is 0 Å². The van der Waals surface area contributed by atoms with Crippen molar-refractivity contribution in [2.45, 2.75) is 26.7 Å². The van der Waals surface area contributed by atoms with Gasteiger partial charge in [0, 0.05) is 17.5 Å². The van der Waals surface area contributed by atoms with Gasteiger partial charge in [0.05, 0.1) is 0 Å². The summed E-state index contributed by atoms with van der Waals surface area (Å²) in [7, 11) is 0. The smallest absolute Gasteiger partial charge is 0.0183 e. The summed E-state index contributed by atoms with van der Waals surface area (Å²) < 4.78 is 0. The molecule has 1 heteroatoms. The van der Waals surface area contributed by atoms with Crippen LogP contribution in [0.4, 0.5) is 0 Å². The van der Waals surface area contributed by atoms with Gasteiger partial charge in [0.2, 0.25) is 0 Å². The van der Waals surface area contributed by atoms with Gasteiger partial charge in [-0.25, -0.2) is 0 Å². The third kappa shape index (κ3) is 1.96. The minimum Gasteiger partial charge on any atom is -0.364 e. The molecule has 2 rings (SSSR count). The maximum absolute atomic E-state index is 3.37. The van der Waals surface area contributed by atoms with Crippen LogP contribution < -0.4 is 0 Å². The first-order valence-corrected chi connectivity index (χ1v) is 5.55. The summed E-state index contributed by atoms with van der Waals surface area (Å²) in [6.45, 7) is 4.41. The highest BCUT2D eigenvalue weighted by Gasteiger charge is 2.07. The van der Waals surface area contributed by atoms with Crippen molar-refractivity contribution in [1.29, 1.82) is 0 Å². The molecule has 0 bridgehead atoms. The first-order valence-electron chi connectivity index (χ1n) is 5.55. The Morgan fingerprint density at radius 2 is 1.87 bits per heavy atom. The number of H-pyrrole nitrogens is 1. The fourth-order valence-electron chi connectivity index (χ4n) is 1.97. The number of nitrogens with one attached hydrogen (secondary N) is 1. The lowest BCUT2D eigenvalue weighted by molar-refractivity contribution is 0.884. The highest BCUT2D eigenvalue weighted by molar-refractivity contribution is 5.67. The molecule has 0 radical (unpaired) electrons. The van der Waals surface area contributed by atoms with Gasteiger partial charge < -0.3 is 4.98 Å². The van der Waals surface area contributed by atoms with Crippen LogP contribution in [0, 0.1) is 6.92 Å². The van der Waals surface area contributed by atoms with E-state index >= 15 is 0 Å². The molecule has 1 heterocycles. The largest absolute Gasteiger partial charge is 0.364 e. The molecule has 0 aliphatic heterocycles. The first-order chi connectivity index (χ1) is 7.33. The molecule has 78 valence electrons. The average Bonchev–Trinajstić information content (AvgIpc) is 2.63. The molecule has 0 aliphatic rings. The van der Waals surface area contributed by atoms with Gasteiger partial charge in [0.1, 0.15) is 0 Å². The van der Waals surface area contributed by atoms with Gasteiger partial charge in [-0.1, -0.05) is 43.7 Å². The van der Waals surface area contributed by atoms with E-state index in [2.05, 4.69) is 55.4 Å². The molecule has 0 saturated carbocycles. The Hall–Kier alpha value is -1.50. The number of aromatic amines is 1. The van der Waals surface area contributed by atoms with Crippen molar-refractivity contribution in [2.75, 3.05) is 0 Å². The fraction of sp³-hybridized carbons (Fsp3) is 0.286. The number of hydrogen-bond acceptors (Lipinski definition) is 0. The SMILES string of the molecule is CCCc1[nH]cc(-c2ccccc2)c1C. The van der Waals surface area contributed by atoms with E-state index in [0.29, 0.717) is 0 Å². The molecule has 0 saturated heterocycles. The van der Waals surface area contributed by atoms with Crippen LogP contribution in [0.2, 0.25) is 0 Å². The van der Waals surface area contributed by atoms with Crippen LogP contribution in [-0.4, -0.2) is 4.98 Å². The van der Waals surface area contributed by atoms with Crippen LogP contribution in [-0.2, 0) is 6.42 Å². The molecular formula is C14H17N. The predicted molar refractivity (Wildman–Crippen MR) is 65.0 cm³/mol. The number of hydrogen-bond donors (Lipinski definition) is 1. The number of aromatic nitrogens is 1. The summed E-state index contributed by atoms with van der Waals surface area (Å²) in [5, 5.41) is 0. The zero-order valence-corrected chi connectivity index (χ0v) is 9.38. The first kappa shape index (κ1) is 10.0. The molecular weight excluding hydrogens is 182 g/mol. The van der Waals surface area contributed by atoms with E-state index in [-0.39, 0.29) is 0 Å². The Labute approximate surface area is 91.2 Å². The Morgan fingerprint density at radius 3 is 2.53 bits per heavy atom. The second kappa shape index (κ2) is 4.35. The lowest BCUT2D eigenvalue weighted by Gasteiger charge is -2.01. The van der Waals surface area contributed by atoms with E-state index < -0.39 is 0 Å². The van der Waals surface area contributed by atoms with Gasteiger partial charge >= 0.3 is 0 Å². The number of rotatable bonds is 3. The van der Waals surface area contributed by atoms with Crippen molar-refractivity contribution in [1.82, 2.24) is 4.98 Å². The van der Waals surface area contributed by atoms with Gasteiger partial charge in [0.15, 0.2) is 0 Å². The molecule has 15 heavy (non-hydrogen) atoms. The van der Waals surface area contributed by atoms with E-state index in [1.54, 1.807) is 0 Å². The summed E-state index contributed by atoms with van der Waals surface area (Å²) in [5.74, 6) is 0. The molecule has 0 fully saturated rings. The Balaban J connectivity index is 2.38. The Morgan fingerprint density at radius 1 is 1.13 bits per heavy atom. The van der Waals surface area contributed by atoms with Crippen LogP contribution in [0.15, 0.2) is 36.5 Å². The van der Waals surface area contributed by atoms with Crippen LogP contribution >= 0.6 is 0 Å². The molecule has 0 atom stereocenters. The highest BCUT2D eigenvalue weighted by Crippen LogP contribution is 2.25. The van der Waals surface area contributed by atoms with Crippen molar-refractivity contribution in [3.05, 3.63) is 47.8 Å². The van der Waals surface area contributed by atoms with Gasteiger partial charge in [-0.15, -0.1) is 0 Å². The third-order valence-corrected chi connectivity index (χ3v) is 2.83. The van der Waals surface area contributed by atoms with Crippen molar-refractivity contribution in [3.63, 3.8) is 0 Å². The molecule has 0 spiro atoms. The van der Waals surface area contributed by atoms with Crippen LogP contribution in [0.5, 0.6) is 0 Å². The lowest BCUT2D eigenvalue weighted by Crippen LogP contribution is -1.86. The molecule has 1 aromatic heterocycles. The number of aryl methyl sites for hydroxylation is 1. The summed E-state index contributed by atoms with van der Waals surface area (Å²) in [6, 6.07) is 10.5. The van der Waals surface area contributed by atoms with Crippen molar-refractivity contribution < 1.29 is 0 Å². The fourth-order valence-corrected chi connectivity index (χ4v) is 1.97. The zero-order valence-electron chi connectivity index (χ0n) is 9.38. The van der Waals surface area contributed by atoms with Crippen molar-refractivity contribution in [3.8, 4) is 11.1 Å². The predicted octanol–water partition coefficient (Wildman–Crippen LogP) is 3.94. The standard InChI is InChI=1S/C14H17N/c1-3-7-14-11(2)13(10-15-14)12-8-5-4-6-9-12/h4-6,8-10,15H,3,7H2,1-2H3. The average molecular weight is 199 g/mol. The van der Waals surface area contributed by atoms with E-state index in [9.17, 15) is 0 Å². The second-order valence-electron chi connectivity index (χ2n) is 3.92. The van der Waals surface area contributed by atoms with Crippen molar-refractivity contribution >= 4 is 0 Å². The quantitative estimate of drug-likeness (QED) is 0.770. The third-order valence-electron chi connectivity index (χ3n) is 2.83. The molecule has 1 N–H and O–H groups in total. The van der Waals surface area contributed by atoms with Crippen LogP contribution in [0.3, 0.4) is 0 Å². The Bertz CT molecular complexity index is 426. The molecule has 0 aliphatic carbocycles. The monoisotopic (exact) mass is 199 g/mol. The zero-order chi connectivity index (χ0) is 10.7. The maximum Gasteiger partial charge on any atom is 0.0183 e. The number of benzene rings is 1. The normalized spacial score (nSPS) is 10.5. The Kier molecular flexibility index (Phi) is 2.91. The lowest BCUT2D eigenvalue weighted by atomic mass is 10.0. The molecule has 1 nitrogen and oxygen atoms in total. The highest BCUT2D eigenvalue weighted by atomic mass is 14.7. The molecule has 0 unspecified atom stereocenters. The summed E-state index contributed by atoms with van der Waals surface area (Å²) >= 11 is 0. The minimum absolute atomic E-state index is 1.14.